The van der Waals surface area contributed by atoms with E-state index in [2.05, 4.69) is 0 Å². The van der Waals surface area contributed by atoms with E-state index in [4.69, 9.17) is 0 Å². The Kier molecular flexibility index (Phi) is 2.49. The second-order valence-corrected chi connectivity index (χ2v) is 4.13. The molecule has 0 unspecified atom stereocenters. The zero-order chi connectivity index (χ0) is 8.58. The topological polar surface area (TPSA) is 40.5 Å². The predicted octanol–water partition coefficient (Wildman–Crippen LogP) is 1.37. The van der Waals surface area contributed by atoms with Gasteiger partial charge in [-0.2, -0.15) is 0 Å². The molecule has 0 aromatic heterocycles. The largest absolute Gasteiger partial charge is 0.365 e. The van der Waals surface area contributed by atoms with Gasteiger partial charge in [-0.25, -0.2) is 0 Å². The van der Waals surface area contributed by atoms with Gasteiger partial charge in [-0.05, 0) is 0 Å². The monoisotopic (exact) mass is 146 g/mol. The summed E-state index contributed by atoms with van der Waals surface area (Å²) in [6.45, 7) is 9.03. The van der Waals surface area contributed by atoms with Crippen LogP contribution >= 0.6 is 0 Å². The van der Waals surface area contributed by atoms with E-state index in [1.54, 1.807) is 13.8 Å². The Bertz CT molecular complexity index is 109. The average Bonchev–Trinajstić information content (AvgIpc) is 1.62. The first-order valence-corrected chi connectivity index (χ1v) is 3.64. The van der Waals surface area contributed by atoms with Gasteiger partial charge in [0.1, 0.15) is 0 Å². The minimum absolute atomic E-state index is 0.132. The average molecular weight is 146 g/mol. The highest BCUT2D eigenvalue weighted by Gasteiger charge is 2.40. The summed E-state index contributed by atoms with van der Waals surface area (Å²) in [5.41, 5.74) is -0.471. The molecule has 0 atom stereocenters. The first-order valence-electron chi connectivity index (χ1n) is 3.64. The third-order valence-electron chi connectivity index (χ3n) is 1.91. The molecule has 0 aliphatic heterocycles. The van der Waals surface area contributed by atoms with Crippen LogP contribution in [0.4, 0.5) is 0 Å². The maximum absolute atomic E-state index is 9.48. The molecule has 0 aromatic carbocycles. The van der Waals surface area contributed by atoms with Crippen molar-refractivity contribution in [3.63, 3.8) is 0 Å². The minimum atomic E-state index is -1.56. The van der Waals surface area contributed by atoms with Crippen LogP contribution in [0.3, 0.4) is 0 Å². The minimum Gasteiger partial charge on any atom is -0.365 e. The molecule has 62 valence electrons. The molecule has 0 aromatic rings. The van der Waals surface area contributed by atoms with Gasteiger partial charge in [-0.3, -0.25) is 0 Å². The molecule has 0 saturated heterocycles. The first-order chi connectivity index (χ1) is 4.19. The number of aliphatic hydroxyl groups is 2. The molecule has 0 amide bonds. The lowest BCUT2D eigenvalue weighted by Gasteiger charge is -2.38. The van der Waals surface area contributed by atoms with Gasteiger partial charge in [-0.1, -0.05) is 34.6 Å². The highest BCUT2D eigenvalue weighted by molar-refractivity contribution is 4.82. The number of hydrogen-bond acceptors (Lipinski definition) is 2. The molecule has 0 aliphatic carbocycles. The van der Waals surface area contributed by atoms with Gasteiger partial charge in [0.05, 0.1) is 0 Å². The fourth-order valence-electron chi connectivity index (χ4n) is 0.866. The van der Waals surface area contributed by atoms with Crippen LogP contribution in [0.5, 0.6) is 0 Å². The summed E-state index contributed by atoms with van der Waals surface area (Å²) < 4.78 is 0. The van der Waals surface area contributed by atoms with Gasteiger partial charge in [0.15, 0.2) is 5.79 Å². The highest BCUT2D eigenvalue weighted by atomic mass is 16.5. The standard InChI is InChI=1S/C8H18O2/c1-6(2)8(9,10)7(3,4)5/h6,9-10H,1-5H3. The summed E-state index contributed by atoms with van der Waals surface area (Å²) in [6.07, 6.45) is 0. The van der Waals surface area contributed by atoms with Crippen molar-refractivity contribution in [2.75, 3.05) is 0 Å². The van der Waals surface area contributed by atoms with E-state index in [0.29, 0.717) is 0 Å². The lowest BCUT2D eigenvalue weighted by molar-refractivity contribution is -0.254. The van der Waals surface area contributed by atoms with Crippen molar-refractivity contribution in [1.29, 1.82) is 0 Å². The van der Waals surface area contributed by atoms with E-state index >= 15 is 0 Å². The SMILES string of the molecule is CC(C)C(O)(O)C(C)(C)C. The quantitative estimate of drug-likeness (QED) is 0.548. The van der Waals surface area contributed by atoms with E-state index in [1.807, 2.05) is 20.8 Å². The molecular formula is C8H18O2. The number of hydrogen-bond donors (Lipinski definition) is 2. The summed E-state index contributed by atoms with van der Waals surface area (Å²) in [4.78, 5) is 0. The van der Waals surface area contributed by atoms with Crippen molar-refractivity contribution < 1.29 is 10.2 Å². The van der Waals surface area contributed by atoms with E-state index in [-0.39, 0.29) is 5.92 Å². The van der Waals surface area contributed by atoms with Crippen molar-refractivity contribution in [3.05, 3.63) is 0 Å². The zero-order valence-electron chi connectivity index (χ0n) is 7.47. The van der Waals surface area contributed by atoms with E-state index in [1.165, 1.54) is 0 Å². The van der Waals surface area contributed by atoms with Crippen LogP contribution in [-0.4, -0.2) is 16.0 Å². The van der Waals surface area contributed by atoms with Gasteiger partial charge in [0.2, 0.25) is 0 Å². The van der Waals surface area contributed by atoms with Crippen molar-refractivity contribution in [2.24, 2.45) is 11.3 Å². The highest BCUT2D eigenvalue weighted by Crippen LogP contribution is 2.33. The summed E-state index contributed by atoms with van der Waals surface area (Å²) in [7, 11) is 0. The van der Waals surface area contributed by atoms with Crippen LogP contribution in [0.25, 0.3) is 0 Å². The first kappa shape index (κ1) is 9.92. The third-order valence-corrected chi connectivity index (χ3v) is 1.91. The second-order valence-electron chi connectivity index (χ2n) is 4.13. The summed E-state index contributed by atoms with van der Waals surface area (Å²) in [5.74, 6) is -1.69. The zero-order valence-corrected chi connectivity index (χ0v) is 7.47. The number of rotatable bonds is 1. The summed E-state index contributed by atoms with van der Waals surface area (Å²) in [5, 5.41) is 19.0. The maximum Gasteiger partial charge on any atom is 0.169 e. The maximum atomic E-state index is 9.48. The molecule has 0 fully saturated rings. The Hall–Kier alpha value is -0.0800. The Labute approximate surface area is 62.9 Å². The van der Waals surface area contributed by atoms with Gasteiger partial charge in [0, 0.05) is 11.3 Å². The molecule has 0 bridgehead atoms. The van der Waals surface area contributed by atoms with Crippen LogP contribution in [0.1, 0.15) is 34.6 Å². The van der Waals surface area contributed by atoms with Crippen LogP contribution in [0, 0.1) is 11.3 Å². The van der Waals surface area contributed by atoms with Crippen LogP contribution in [0.2, 0.25) is 0 Å². The van der Waals surface area contributed by atoms with E-state index in [9.17, 15) is 10.2 Å². The van der Waals surface area contributed by atoms with Crippen LogP contribution in [-0.2, 0) is 0 Å². The fraction of sp³-hybridized carbons (Fsp3) is 1.00. The van der Waals surface area contributed by atoms with Gasteiger partial charge in [0.25, 0.3) is 0 Å². The molecule has 2 N–H and O–H groups in total. The Morgan fingerprint density at radius 1 is 1.00 bits per heavy atom. The molecule has 0 heterocycles. The molecule has 0 aliphatic rings. The molecule has 2 nitrogen and oxygen atoms in total. The fourth-order valence-corrected chi connectivity index (χ4v) is 0.866. The van der Waals surface area contributed by atoms with Crippen molar-refractivity contribution in [2.45, 2.75) is 40.4 Å². The van der Waals surface area contributed by atoms with E-state index in [0.717, 1.165) is 0 Å². The van der Waals surface area contributed by atoms with Crippen molar-refractivity contribution in [3.8, 4) is 0 Å². The molecule has 0 saturated carbocycles. The van der Waals surface area contributed by atoms with Crippen LogP contribution in [0.15, 0.2) is 0 Å². The predicted molar refractivity (Wildman–Crippen MR) is 41.5 cm³/mol. The molecule has 0 rings (SSSR count). The molecule has 2 heteroatoms. The Morgan fingerprint density at radius 2 is 1.30 bits per heavy atom. The lowest BCUT2D eigenvalue weighted by atomic mass is 9.79. The Balaban J connectivity index is 4.40. The molecule has 10 heavy (non-hydrogen) atoms. The van der Waals surface area contributed by atoms with Crippen LogP contribution < -0.4 is 0 Å². The van der Waals surface area contributed by atoms with Crippen molar-refractivity contribution in [1.82, 2.24) is 0 Å². The normalized spacial score (nSPS) is 14.4. The molecule has 0 radical (unpaired) electrons. The van der Waals surface area contributed by atoms with Gasteiger partial charge >= 0.3 is 0 Å². The van der Waals surface area contributed by atoms with Crippen molar-refractivity contribution >= 4 is 0 Å². The second kappa shape index (κ2) is 2.51. The van der Waals surface area contributed by atoms with Gasteiger partial charge < -0.3 is 10.2 Å². The molecule has 0 spiro atoms. The lowest BCUT2D eigenvalue weighted by Crippen LogP contribution is -2.47. The third kappa shape index (κ3) is 1.70. The van der Waals surface area contributed by atoms with Gasteiger partial charge in [-0.15, -0.1) is 0 Å². The summed E-state index contributed by atoms with van der Waals surface area (Å²) in [6, 6.07) is 0. The molecular weight excluding hydrogens is 128 g/mol. The Morgan fingerprint density at radius 3 is 1.30 bits per heavy atom. The smallest absolute Gasteiger partial charge is 0.169 e. The van der Waals surface area contributed by atoms with E-state index < -0.39 is 11.2 Å². The summed E-state index contributed by atoms with van der Waals surface area (Å²) >= 11 is 0.